The summed E-state index contributed by atoms with van der Waals surface area (Å²) in [5.41, 5.74) is 0. The fraction of sp³-hybridized carbons (Fsp3) is 0.833. The summed E-state index contributed by atoms with van der Waals surface area (Å²) in [6.45, 7) is 1.84. The molecule has 0 aromatic rings. The largest absolute Gasteiger partial charge is 0.370 e. The van der Waals surface area contributed by atoms with Gasteiger partial charge in [0.25, 0.3) is 0 Å². The first-order chi connectivity index (χ1) is 4.84. The highest BCUT2D eigenvalue weighted by Gasteiger charge is 2.17. The summed E-state index contributed by atoms with van der Waals surface area (Å²) in [5.74, 6) is 0.00750. The quantitative estimate of drug-likeness (QED) is 0.523. The van der Waals surface area contributed by atoms with Gasteiger partial charge in [0, 0.05) is 13.7 Å². The molecule has 4 nitrogen and oxygen atoms in total. The smallest absolute Gasteiger partial charge is 0.250 e. The zero-order chi connectivity index (χ0) is 7.40. The van der Waals surface area contributed by atoms with E-state index in [1.54, 1.807) is 12.0 Å². The van der Waals surface area contributed by atoms with Gasteiger partial charge in [0.2, 0.25) is 5.91 Å². The van der Waals surface area contributed by atoms with Crippen molar-refractivity contribution in [3.63, 3.8) is 0 Å². The van der Waals surface area contributed by atoms with E-state index in [1.165, 1.54) is 0 Å². The summed E-state index contributed by atoms with van der Waals surface area (Å²) < 4.78 is 9.71. The van der Waals surface area contributed by atoms with E-state index in [2.05, 4.69) is 0 Å². The molecular formula is C6H11NO3. The molecule has 58 valence electrons. The lowest BCUT2D eigenvalue weighted by Gasteiger charge is -2.25. The second-order valence-corrected chi connectivity index (χ2v) is 2.13. The summed E-state index contributed by atoms with van der Waals surface area (Å²) in [6, 6.07) is 0. The van der Waals surface area contributed by atoms with Crippen molar-refractivity contribution in [3.8, 4) is 0 Å². The Balaban J connectivity index is 2.32. The number of ether oxygens (including phenoxy) is 2. The summed E-state index contributed by atoms with van der Waals surface area (Å²) in [6.07, 6.45) is 0. The van der Waals surface area contributed by atoms with Crippen LogP contribution in [0.1, 0.15) is 0 Å². The van der Waals surface area contributed by atoms with Gasteiger partial charge in [-0.25, -0.2) is 0 Å². The maximum atomic E-state index is 10.9. The van der Waals surface area contributed by atoms with Crippen molar-refractivity contribution in [2.45, 2.75) is 0 Å². The first-order valence-corrected chi connectivity index (χ1v) is 3.19. The van der Waals surface area contributed by atoms with E-state index in [-0.39, 0.29) is 12.5 Å². The van der Waals surface area contributed by atoms with Gasteiger partial charge in [0.15, 0.2) is 0 Å². The molecule has 1 aliphatic heterocycles. The zero-order valence-corrected chi connectivity index (χ0v) is 6.00. The lowest BCUT2D eigenvalue weighted by molar-refractivity contribution is -0.148. The Kier molecular flexibility index (Phi) is 2.65. The average Bonchev–Trinajstić information content (AvgIpc) is 1.94. The highest BCUT2D eigenvalue weighted by molar-refractivity contribution is 5.77. The molecule has 0 aromatic carbocycles. The Morgan fingerprint density at radius 2 is 2.60 bits per heavy atom. The Morgan fingerprint density at radius 1 is 1.80 bits per heavy atom. The normalized spacial score (nSPS) is 19.7. The third-order valence-corrected chi connectivity index (χ3v) is 1.37. The molecule has 1 aliphatic rings. The third kappa shape index (κ3) is 1.68. The van der Waals surface area contributed by atoms with Crippen molar-refractivity contribution in [2.24, 2.45) is 0 Å². The van der Waals surface area contributed by atoms with Gasteiger partial charge in [-0.05, 0) is 0 Å². The molecule has 1 saturated heterocycles. The SMILES string of the molecule is COCN1CCOCC1=O. The molecule has 4 heteroatoms. The highest BCUT2D eigenvalue weighted by Crippen LogP contribution is 1.97. The van der Waals surface area contributed by atoms with Crippen molar-refractivity contribution in [1.82, 2.24) is 4.90 Å². The first-order valence-electron chi connectivity index (χ1n) is 3.19. The molecule has 0 saturated carbocycles. The Morgan fingerprint density at radius 3 is 3.20 bits per heavy atom. The Hall–Kier alpha value is -0.610. The van der Waals surface area contributed by atoms with Crippen LogP contribution in [0.15, 0.2) is 0 Å². The lowest BCUT2D eigenvalue weighted by atomic mass is 10.4. The molecular weight excluding hydrogens is 134 g/mol. The van der Waals surface area contributed by atoms with Crippen LogP contribution >= 0.6 is 0 Å². The van der Waals surface area contributed by atoms with Gasteiger partial charge >= 0.3 is 0 Å². The van der Waals surface area contributed by atoms with Crippen LogP contribution in [-0.2, 0) is 14.3 Å². The molecule has 0 N–H and O–H groups in total. The fourth-order valence-electron chi connectivity index (χ4n) is 0.843. The van der Waals surface area contributed by atoms with Gasteiger partial charge in [-0.1, -0.05) is 0 Å². The van der Waals surface area contributed by atoms with E-state index in [9.17, 15) is 4.79 Å². The second-order valence-electron chi connectivity index (χ2n) is 2.13. The topological polar surface area (TPSA) is 38.8 Å². The summed E-state index contributed by atoms with van der Waals surface area (Å²) >= 11 is 0. The van der Waals surface area contributed by atoms with E-state index in [0.29, 0.717) is 19.9 Å². The van der Waals surface area contributed by atoms with Crippen LogP contribution in [0.2, 0.25) is 0 Å². The molecule has 0 bridgehead atoms. The lowest BCUT2D eigenvalue weighted by Crippen LogP contribution is -2.42. The number of nitrogens with zero attached hydrogens (tertiary/aromatic N) is 1. The van der Waals surface area contributed by atoms with Crippen LogP contribution in [0.3, 0.4) is 0 Å². The maximum Gasteiger partial charge on any atom is 0.250 e. The minimum atomic E-state index is 0.00750. The molecule has 1 heterocycles. The van der Waals surface area contributed by atoms with Crippen molar-refractivity contribution in [3.05, 3.63) is 0 Å². The molecule has 1 fully saturated rings. The minimum Gasteiger partial charge on any atom is -0.370 e. The van der Waals surface area contributed by atoms with Gasteiger partial charge < -0.3 is 14.4 Å². The van der Waals surface area contributed by atoms with Crippen molar-refractivity contribution in [1.29, 1.82) is 0 Å². The Bertz CT molecular complexity index is 124. The van der Waals surface area contributed by atoms with Gasteiger partial charge in [-0.3, -0.25) is 4.79 Å². The van der Waals surface area contributed by atoms with Crippen LogP contribution in [-0.4, -0.2) is 44.4 Å². The number of hydrogen-bond acceptors (Lipinski definition) is 3. The van der Waals surface area contributed by atoms with E-state index >= 15 is 0 Å². The predicted molar refractivity (Wildman–Crippen MR) is 34.4 cm³/mol. The maximum absolute atomic E-state index is 10.9. The molecule has 0 unspecified atom stereocenters. The number of amides is 1. The summed E-state index contributed by atoms with van der Waals surface area (Å²) in [4.78, 5) is 12.5. The first kappa shape index (κ1) is 7.50. The number of hydrogen-bond donors (Lipinski definition) is 0. The molecule has 0 aliphatic carbocycles. The predicted octanol–water partition coefficient (Wildman–Crippen LogP) is -0.551. The van der Waals surface area contributed by atoms with Crippen molar-refractivity contribution in [2.75, 3.05) is 33.6 Å². The van der Waals surface area contributed by atoms with Crippen LogP contribution in [0.4, 0.5) is 0 Å². The highest BCUT2D eigenvalue weighted by atomic mass is 16.5. The van der Waals surface area contributed by atoms with Crippen LogP contribution in [0.5, 0.6) is 0 Å². The number of morpholine rings is 1. The minimum absolute atomic E-state index is 0.00750. The molecule has 0 radical (unpaired) electrons. The van der Waals surface area contributed by atoms with E-state index in [1.807, 2.05) is 0 Å². The Labute approximate surface area is 59.7 Å². The number of carbonyl (C=O) groups excluding carboxylic acids is 1. The third-order valence-electron chi connectivity index (χ3n) is 1.37. The fourth-order valence-corrected chi connectivity index (χ4v) is 0.843. The summed E-state index contributed by atoms with van der Waals surface area (Å²) in [5, 5.41) is 0. The number of methoxy groups -OCH3 is 1. The van der Waals surface area contributed by atoms with E-state index < -0.39 is 0 Å². The standard InChI is InChI=1S/C6H11NO3/c1-9-5-7-2-3-10-4-6(7)8/h2-5H2,1H3. The molecule has 10 heavy (non-hydrogen) atoms. The second kappa shape index (κ2) is 3.53. The summed E-state index contributed by atoms with van der Waals surface area (Å²) in [7, 11) is 1.57. The van der Waals surface area contributed by atoms with Crippen molar-refractivity contribution < 1.29 is 14.3 Å². The van der Waals surface area contributed by atoms with Crippen LogP contribution < -0.4 is 0 Å². The molecule has 1 rings (SSSR count). The number of carbonyl (C=O) groups is 1. The zero-order valence-electron chi connectivity index (χ0n) is 6.00. The van der Waals surface area contributed by atoms with Crippen LogP contribution in [0, 0.1) is 0 Å². The molecule has 0 aromatic heterocycles. The molecule has 0 spiro atoms. The number of rotatable bonds is 2. The van der Waals surface area contributed by atoms with E-state index in [0.717, 1.165) is 0 Å². The monoisotopic (exact) mass is 145 g/mol. The van der Waals surface area contributed by atoms with Gasteiger partial charge in [-0.15, -0.1) is 0 Å². The van der Waals surface area contributed by atoms with Gasteiger partial charge in [0.05, 0.1) is 6.61 Å². The van der Waals surface area contributed by atoms with E-state index in [4.69, 9.17) is 9.47 Å². The van der Waals surface area contributed by atoms with Gasteiger partial charge in [0.1, 0.15) is 13.3 Å². The van der Waals surface area contributed by atoms with Crippen molar-refractivity contribution >= 4 is 5.91 Å². The van der Waals surface area contributed by atoms with Crippen LogP contribution in [0.25, 0.3) is 0 Å². The molecule has 0 atom stereocenters. The average molecular weight is 145 g/mol. The van der Waals surface area contributed by atoms with Gasteiger partial charge in [-0.2, -0.15) is 0 Å². The molecule has 1 amide bonds.